The summed E-state index contributed by atoms with van der Waals surface area (Å²) in [4.78, 5) is 7.68. The smallest absolute Gasteiger partial charge is 0.0682 e. The van der Waals surface area contributed by atoms with E-state index in [0.717, 1.165) is 65.1 Å². The molecule has 1 spiro atoms. The quantitative estimate of drug-likeness (QED) is 0.783. The Morgan fingerprint density at radius 3 is 2.52 bits per heavy atom. The maximum atomic E-state index is 10.2. The van der Waals surface area contributed by atoms with Crippen LogP contribution in [0.3, 0.4) is 0 Å². The van der Waals surface area contributed by atoms with Crippen molar-refractivity contribution in [3.05, 3.63) is 35.9 Å². The first-order valence-corrected chi connectivity index (χ1v) is 9.73. The van der Waals surface area contributed by atoms with E-state index in [1.165, 1.54) is 5.56 Å². The van der Waals surface area contributed by atoms with Gasteiger partial charge in [0, 0.05) is 58.5 Å². The van der Waals surface area contributed by atoms with Gasteiger partial charge in [0.05, 0.1) is 11.6 Å². The van der Waals surface area contributed by atoms with Crippen molar-refractivity contribution >= 4 is 0 Å². The molecule has 0 unspecified atom stereocenters. The average molecular weight is 345 g/mol. The van der Waals surface area contributed by atoms with E-state index in [9.17, 15) is 5.11 Å². The number of piperazine rings is 1. The number of benzene rings is 1. The predicted molar refractivity (Wildman–Crippen MR) is 98.6 cm³/mol. The first-order valence-electron chi connectivity index (χ1n) is 9.73. The van der Waals surface area contributed by atoms with Gasteiger partial charge in [0.1, 0.15) is 0 Å². The maximum absolute atomic E-state index is 10.2. The van der Waals surface area contributed by atoms with E-state index in [1.807, 2.05) is 0 Å². The third-order valence-corrected chi connectivity index (χ3v) is 6.22. The van der Waals surface area contributed by atoms with Gasteiger partial charge in [-0.25, -0.2) is 0 Å². The molecule has 2 N–H and O–H groups in total. The number of nitrogens with zero attached hydrogens (tertiary/aromatic N) is 3. The van der Waals surface area contributed by atoms with Gasteiger partial charge >= 0.3 is 0 Å². The molecule has 3 aliphatic heterocycles. The number of rotatable bonds is 6. The molecule has 0 bridgehead atoms. The van der Waals surface area contributed by atoms with Crippen LogP contribution in [0.1, 0.15) is 18.4 Å². The van der Waals surface area contributed by atoms with Crippen LogP contribution in [0.4, 0.5) is 0 Å². The van der Waals surface area contributed by atoms with Crippen LogP contribution in [0.5, 0.6) is 0 Å². The predicted octanol–water partition coefficient (Wildman–Crippen LogP) is 0.417. The monoisotopic (exact) mass is 345 g/mol. The molecule has 5 heteroatoms. The Hall–Kier alpha value is -0.980. The van der Waals surface area contributed by atoms with Gasteiger partial charge in [0.2, 0.25) is 0 Å². The van der Waals surface area contributed by atoms with Crippen molar-refractivity contribution in [2.24, 2.45) is 0 Å². The first kappa shape index (κ1) is 17.4. The van der Waals surface area contributed by atoms with E-state index in [0.29, 0.717) is 6.04 Å². The van der Waals surface area contributed by atoms with Gasteiger partial charge in [-0.2, -0.15) is 0 Å². The molecule has 0 amide bonds. The zero-order valence-electron chi connectivity index (χ0n) is 15.1. The standard InChI is InChI=1S/C20H31N3O2/c24-10-4-8-22-15-20(16-22)14-21(9-7-17-5-2-1-3-6-17)12-18-11-19(25)13-23(18)20/h1-3,5-6,18-19,24-25H,4,7-16H2/t18-,19+/m0/s1. The number of aliphatic hydroxyl groups is 2. The van der Waals surface area contributed by atoms with E-state index < -0.39 is 0 Å². The van der Waals surface area contributed by atoms with Gasteiger partial charge < -0.3 is 10.2 Å². The van der Waals surface area contributed by atoms with E-state index in [1.54, 1.807) is 0 Å². The average Bonchev–Trinajstić information content (AvgIpc) is 2.97. The zero-order valence-corrected chi connectivity index (χ0v) is 15.1. The van der Waals surface area contributed by atoms with Gasteiger partial charge in [0.15, 0.2) is 0 Å². The normalized spacial score (nSPS) is 29.7. The minimum atomic E-state index is -0.164. The molecule has 3 fully saturated rings. The van der Waals surface area contributed by atoms with E-state index in [-0.39, 0.29) is 18.2 Å². The number of hydrogen-bond donors (Lipinski definition) is 2. The van der Waals surface area contributed by atoms with Crippen molar-refractivity contribution in [2.45, 2.75) is 36.9 Å². The van der Waals surface area contributed by atoms with Crippen LogP contribution in [0.15, 0.2) is 30.3 Å². The first-order chi connectivity index (χ1) is 12.2. The highest BCUT2D eigenvalue weighted by Crippen LogP contribution is 2.38. The fraction of sp³-hybridized carbons (Fsp3) is 0.700. The Kier molecular flexibility index (Phi) is 5.11. The van der Waals surface area contributed by atoms with Crippen molar-refractivity contribution < 1.29 is 10.2 Å². The van der Waals surface area contributed by atoms with Crippen LogP contribution in [-0.2, 0) is 6.42 Å². The molecule has 0 aliphatic carbocycles. The second-order valence-corrected chi connectivity index (χ2v) is 8.18. The van der Waals surface area contributed by atoms with Crippen LogP contribution in [-0.4, -0.2) is 95.0 Å². The summed E-state index contributed by atoms with van der Waals surface area (Å²) in [6, 6.07) is 11.2. The minimum Gasteiger partial charge on any atom is -0.396 e. The van der Waals surface area contributed by atoms with E-state index in [4.69, 9.17) is 5.11 Å². The Labute approximate surface area is 150 Å². The minimum absolute atomic E-state index is 0.164. The maximum Gasteiger partial charge on any atom is 0.0682 e. The van der Waals surface area contributed by atoms with E-state index >= 15 is 0 Å². The molecule has 0 radical (unpaired) electrons. The lowest BCUT2D eigenvalue weighted by molar-refractivity contribution is -0.113. The second kappa shape index (κ2) is 7.33. The van der Waals surface area contributed by atoms with Gasteiger partial charge in [-0.1, -0.05) is 30.3 Å². The molecule has 4 rings (SSSR count). The van der Waals surface area contributed by atoms with Gasteiger partial charge in [-0.05, 0) is 24.8 Å². The lowest BCUT2D eigenvalue weighted by atomic mass is 9.83. The Balaban J connectivity index is 1.39. The van der Waals surface area contributed by atoms with Crippen LogP contribution >= 0.6 is 0 Å². The molecule has 3 aliphatic rings. The molecule has 25 heavy (non-hydrogen) atoms. The third-order valence-electron chi connectivity index (χ3n) is 6.22. The van der Waals surface area contributed by atoms with Crippen molar-refractivity contribution in [2.75, 3.05) is 52.4 Å². The van der Waals surface area contributed by atoms with Gasteiger partial charge in [0.25, 0.3) is 0 Å². The lowest BCUT2D eigenvalue weighted by Gasteiger charge is -2.61. The fourth-order valence-corrected chi connectivity index (χ4v) is 5.14. The van der Waals surface area contributed by atoms with Crippen LogP contribution < -0.4 is 0 Å². The van der Waals surface area contributed by atoms with Gasteiger partial charge in [-0.3, -0.25) is 14.7 Å². The number of fused-ring (bicyclic) bond motifs is 2. The SMILES string of the molecule is OCCCN1CC2(CN(CCc3ccccc3)C[C@@H]3C[C@@H](O)CN32)C1. The zero-order chi connectivity index (χ0) is 17.3. The topological polar surface area (TPSA) is 50.2 Å². The summed E-state index contributed by atoms with van der Waals surface area (Å²) in [5.41, 5.74) is 1.62. The highest BCUT2D eigenvalue weighted by molar-refractivity contribution is 5.16. The Morgan fingerprint density at radius 2 is 1.76 bits per heavy atom. The highest BCUT2D eigenvalue weighted by Gasteiger charge is 2.55. The fourth-order valence-electron chi connectivity index (χ4n) is 5.14. The summed E-state index contributed by atoms with van der Waals surface area (Å²) in [5.74, 6) is 0. The molecule has 0 aromatic heterocycles. The number of hydrogen-bond acceptors (Lipinski definition) is 5. The van der Waals surface area contributed by atoms with Crippen molar-refractivity contribution in [1.29, 1.82) is 0 Å². The van der Waals surface area contributed by atoms with Crippen LogP contribution in [0, 0.1) is 0 Å². The number of likely N-dealkylation sites (tertiary alicyclic amines) is 1. The number of aliphatic hydroxyl groups excluding tert-OH is 2. The summed E-state index contributed by atoms with van der Waals surface area (Å²) in [7, 11) is 0. The van der Waals surface area contributed by atoms with Crippen LogP contribution in [0.2, 0.25) is 0 Å². The van der Waals surface area contributed by atoms with Crippen molar-refractivity contribution in [1.82, 2.24) is 14.7 Å². The van der Waals surface area contributed by atoms with Gasteiger partial charge in [-0.15, -0.1) is 0 Å². The second-order valence-electron chi connectivity index (χ2n) is 8.18. The molecule has 138 valence electrons. The molecule has 1 aromatic carbocycles. The highest BCUT2D eigenvalue weighted by atomic mass is 16.3. The Bertz CT molecular complexity index is 561. The molecule has 2 atom stereocenters. The summed E-state index contributed by atoms with van der Waals surface area (Å²) < 4.78 is 0. The number of β-amino-alcohol motifs (C(OH)–C–C–N with tert-alkyl or cyclic N) is 1. The molecule has 0 saturated carbocycles. The summed E-state index contributed by atoms with van der Waals surface area (Å²) in [5, 5.41) is 19.3. The van der Waals surface area contributed by atoms with Crippen molar-refractivity contribution in [3.63, 3.8) is 0 Å². The summed E-state index contributed by atoms with van der Waals surface area (Å²) in [6.07, 6.45) is 2.71. The Morgan fingerprint density at radius 1 is 1.00 bits per heavy atom. The van der Waals surface area contributed by atoms with Crippen molar-refractivity contribution in [3.8, 4) is 0 Å². The molecule has 5 nitrogen and oxygen atoms in total. The van der Waals surface area contributed by atoms with Crippen LogP contribution in [0.25, 0.3) is 0 Å². The largest absolute Gasteiger partial charge is 0.396 e. The molecule has 1 aromatic rings. The molecular weight excluding hydrogens is 314 g/mol. The van der Waals surface area contributed by atoms with E-state index in [2.05, 4.69) is 45.0 Å². The molecular formula is C20H31N3O2. The molecule has 3 saturated heterocycles. The third kappa shape index (κ3) is 3.62. The summed E-state index contributed by atoms with van der Waals surface area (Å²) >= 11 is 0. The molecule has 3 heterocycles. The summed E-state index contributed by atoms with van der Waals surface area (Å²) in [6.45, 7) is 7.56. The lowest BCUT2D eigenvalue weighted by Crippen LogP contribution is -2.78.